The highest BCUT2D eigenvalue weighted by Gasteiger charge is 2.52. The molecule has 7 rings (SSSR count). The average Bonchev–Trinajstić information content (AvgIpc) is 4.02. The number of amides is 4. The van der Waals surface area contributed by atoms with Crippen molar-refractivity contribution in [2.75, 3.05) is 49.4 Å². The first-order valence-electron chi connectivity index (χ1n) is 23.5. The first-order valence-corrected chi connectivity index (χ1v) is 24.8. The molecule has 2 aliphatic heterocycles. The van der Waals surface area contributed by atoms with Gasteiger partial charge in [0, 0.05) is 25.1 Å². The molecule has 0 bridgehead atoms. The van der Waals surface area contributed by atoms with Crippen molar-refractivity contribution >= 4 is 63.7 Å². The number of nitrogens with one attached hydrogen (secondary N) is 2. The number of carbonyl (C=O) groups is 4. The van der Waals surface area contributed by atoms with Gasteiger partial charge in [-0.3, -0.25) is 29.1 Å². The Balaban J connectivity index is 0.843. The fourth-order valence-electron chi connectivity index (χ4n) is 8.59. The number of thiazole rings is 1. The van der Waals surface area contributed by atoms with Gasteiger partial charge < -0.3 is 39.8 Å². The normalized spacial score (nSPS) is 17.0. The summed E-state index contributed by atoms with van der Waals surface area (Å²) < 4.78 is 88.5. The first kappa shape index (κ1) is 55.8. The molecule has 0 aliphatic carbocycles. The number of thiocarbonyl (C=S) groups is 1. The van der Waals surface area contributed by atoms with Crippen LogP contribution in [0.25, 0.3) is 21.7 Å². The van der Waals surface area contributed by atoms with Gasteiger partial charge in [0.05, 0.1) is 76.9 Å². The molecule has 2 fully saturated rings. The molecule has 3 aromatic carbocycles. The summed E-state index contributed by atoms with van der Waals surface area (Å²) in [5, 5.41) is 25.0. The third-order valence-electron chi connectivity index (χ3n) is 12.5. The average molecular weight is 1080 g/mol. The number of β-amino-alcohol motifs (C(OH)–C–C–N with tert-alkyl or cyclic N) is 1. The van der Waals surface area contributed by atoms with E-state index in [-0.39, 0.29) is 62.5 Å². The van der Waals surface area contributed by atoms with Gasteiger partial charge in [0.1, 0.15) is 36.4 Å². The zero-order chi connectivity index (χ0) is 54.6. The topological polar surface area (TPSA) is 200 Å². The summed E-state index contributed by atoms with van der Waals surface area (Å²) >= 11 is 7.04. The van der Waals surface area contributed by atoms with Gasteiger partial charge in [0.2, 0.25) is 17.7 Å². The SMILES string of the molecule is Cc1ncsc1-c1ccc(CNC(=O)[C@@H]2C[C@@H](O)CN2C(=O)[C@@H](NC(=O)COCCOCCOc2ccc(-c3ccc(N4C(=S)N(c5ccc(C#N)c(C(F)(F)F)c5F)C(=O)C4(C)C)cn3)cc2F)C(C)(C)C)cc1. The van der Waals surface area contributed by atoms with E-state index >= 15 is 8.78 Å². The summed E-state index contributed by atoms with van der Waals surface area (Å²) in [4.78, 5) is 67.0. The van der Waals surface area contributed by atoms with Gasteiger partial charge >= 0.3 is 6.18 Å². The lowest BCUT2D eigenvalue weighted by atomic mass is 9.85. The summed E-state index contributed by atoms with van der Waals surface area (Å²) in [5.74, 6) is -4.97. The Kier molecular flexibility index (Phi) is 17.0. The van der Waals surface area contributed by atoms with Crippen molar-refractivity contribution < 1.29 is 60.4 Å². The molecule has 0 saturated carbocycles. The van der Waals surface area contributed by atoms with Gasteiger partial charge in [-0.05, 0) is 92.0 Å². The second-order valence-corrected chi connectivity index (χ2v) is 20.5. The number of rotatable bonds is 18. The van der Waals surface area contributed by atoms with E-state index in [2.05, 4.69) is 20.6 Å². The number of aryl methyl sites for hydroxylation is 1. The molecule has 2 saturated heterocycles. The van der Waals surface area contributed by atoms with Crippen molar-refractivity contribution in [1.82, 2.24) is 25.5 Å². The van der Waals surface area contributed by atoms with E-state index in [9.17, 15) is 42.7 Å². The molecule has 5 aromatic rings. The number of aliphatic hydroxyl groups is 1. The second kappa shape index (κ2) is 22.9. The molecule has 16 nitrogen and oxygen atoms in total. The van der Waals surface area contributed by atoms with Crippen molar-refractivity contribution in [3.05, 3.63) is 112 Å². The predicted molar refractivity (Wildman–Crippen MR) is 271 cm³/mol. The van der Waals surface area contributed by atoms with Gasteiger partial charge in [-0.1, -0.05) is 45.0 Å². The maximum atomic E-state index is 15.4. The highest BCUT2D eigenvalue weighted by molar-refractivity contribution is 7.81. The molecule has 75 heavy (non-hydrogen) atoms. The Bertz CT molecular complexity index is 3000. The summed E-state index contributed by atoms with van der Waals surface area (Å²) in [5.41, 5.74) is -0.358. The van der Waals surface area contributed by atoms with Gasteiger partial charge in [-0.25, -0.2) is 13.8 Å². The summed E-state index contributed by atoms with van der Waals surface area (Å²) in [6, 6.07) is 15.9. The van der Waals surface area contributed by atoms with E-state index < -0.39 is 94.0 Å². The van der Waals surface area contributed by atoms with Crippen LogP contribution in [-0.4, -0.2) is 112 Å². The number of alkyl halides is 3. The Labute approximate surface area is 438 Å². The van der Waals surface area contributed by atoms with Crippen molar-refractivity contribution in [2.24, 2.45) is 5.41 Å². The van der Waals surface area contributed by atoms with Crippen LogP contribution in [0.3, 0.4) is 0 Å². The number of pyridine rings is 1. The van der Waals surface area contributed by atoms with Crippen molar-refractivity contribution in [3.63, 3.8) is 0 Å². The molecule has 23 heteroatoms. The van der Waals surface area contributed by atoms with E-state index in [0.29, 0.717) is 16.2 Å². The highest BCUT2D eigenvalue weighted by Crippen LogP contribution is 2.42. The minimum Gasteiger partial charge on any atom is -0.488 e. The Morgan fingerprint density at radius 2 is 1.67 bits per heavy atom. The molecule has 3 N–H and O–H groups in total. The zero-order valence-electron chi connectivity index (χ0n) is 41.6. The molecule has 4 heterocycles. The standard InChI is InChI=1S/C52H53F5N8O8S2/c1-29-44(75-28-61-29)31-9-7-30(8-10-31)24-60-46(68)39-22-35(66)26-63(39)47(69)45(50(2,3)4)62-41(67)27-72-18-17-71-19-20-73-40-16-12-32(21-36(40)53)37-14-13-34(25-59-37)65-49(74)64(48(70)51(65,5)6)38-15-11-33(23-58)42(43(38)54)52(55,56)57/h7-16,21,25,28,35,39,45,66H,17-20,22,24,26-27H2,1-6H3,(H,60,68)(H,62,67)/t35-,39+,45-/m1/s1. The Morgan fingerprint density at radius 3 is 2.29 bits per heavy atom. The molecule has 2 aliphatic rings. The van der Waals surface area contributed by atoms with Gasteiger partial charge in [-0.15, -0.1) is 11.3 Å². The predicted octanol–water partition coefficient (Wildman–Crippen LogP) is 7.49. The second-order valence-electron chi connectivity index (χ2n) is 19.3. The number of carbonyl (C=O) groups excluding carboxylic acids is 4. The van der Waals surface area contributed by atoms with E-state index in [1.165, 1.54) is 60.2 Å². The minimum absolute atomic E-state index is 0.00133. The van der Waals surface area contributed by atoms with Crippen molar-refractivity contribution in [3.8, 4) is 33.5 Å². The number of nitriles is 1. The number of nitrogens with zero attached hydrogens (tertiary/aromatic N) is 6. The third kappa shape index (κ3) is 12.4. The number of anilines is 2. The molecule has 3 atom stereocenters. The van der Waals surface area contributed by atoms with E-state index in [1.807, 2.05) is 31.2 Å². The lowest BCUT2D eigenvalue weighted by Gasteiger charge is -2.35. The number of aromatic nitrogens is 2. The minimum atomic E-state index is -5.23. The van der Waals surface area contributed by atoms with Crippen LogP contribution in [-0.2, 0) is 41.4 Å². The Hall–Kier alpha value is -6.97. The molecule has 396 valence electrons. The fourth-order valence-corrected chi connectivity index (χ4v) is 9.92. The number of hydrogen-bond acceptors (Lipinski definition) is 13. The maximum absolute atomic E-state index is 15.4. The summed E-state index contributed by atoms with van der Waals surface area (Å²) in [6.07, 6.45) is -4.79. The molecule has 0 unspecified atom stereocenters. The lowest BCUT2D eigenvalue weighted by molar-refractivity contribution is -0.144. The number of likely N-dealkylation sites (tertiary alicyclic amines) is 1. The van der Waals surface area contributed by atoms with Crippen molar-refractivity contribution in [2.45, 2.75) is 84.4 Å². The van der Waals surface area contributed by atoms with Crippen LogP contribution < -0.4 is 25.2 Å². The van der Waals surface area contributed by atoms with E-state index in [1.54, 1.807) is 43.7 Å². The third-order valence-corrected chi connectivity index (χ3v) is 13.8. The van der Waals surface area contributed by atoms with Crippen LogP contribution in [0.1, 0.15) is 63.4 Å². The number of hydrogen-bond donors (Lipinski definition) is 3. The molecular formula is C52H53F5N8O8S2. The molecule has 2 aromatic heterocycles. The fraction of sp³-hybridized carbons (Fsp3) is 0.385. The maximum Gasteiger partial charge on any atom is 0.420 e. The van der Waals surface area contributed by atoms with Crippen LogP contribution in [0.15, 0.2) is 78.4 Å². The number of aliphatic hydroxyl groups excluding tert-OH is 1. The molecule has 4 amide bonds. The van der Waals surface area contributed by atoms with Gasteiger partial charge in [0.15, 0.2) is 22.5 Å². The largest absolute Gasteiger partial charge is 0.488 e. The quantitative estimate of drug-likeness (QED) is 0.0444. The number of halogens is 5. The molecule has 0 radical (unpaired) electrons. The van der Waals surface area contributed by atoms with Gasteiger partial charge in [0.25, 0.3) is 5.91 Å². The van der Waals surface area contributed by atoms with Crippen LogP contribution >= 0.6 is 23.6 Å². The van der Waals surface area contributed by atoms with Crippen LogP contribution in [0.5, 0.6) is 5.75 Å². The van der Waals surface area contributed by atoms with Crippen LogP contribution in [0.2, 0.25) is 0 Å². The molecular weight excluding hydrogens is 1020 g/mol. The first-order chi connectivity index (χ1) is 35.4. The smallest absolute Gasteiger partial charge is 0.420 e. The monoisotopic (exact) mass is 1080 g/mol. The van der Waals surface area contributed by atoms with Crippen LogP contribution in [0, 0.1) is 35.3 Å². The number of benzene rings is 3. The zero-order valence-corrected chi connectivity index (χ0v) is 43.2. The highest BCUT2D eigenvalue weighted by atomic mass is 32.1. The Morgan fingerprint density at radius 1 is 0.973 bits per heavy atom. The lowest BCUT2D eigenvalue weighted by Crippen LogP contribution is -2.58. The summed E-state index contributed by atoms with van der Waals surface area (Å²) in [6.45, 7) is 9.92. The van der Waals surface area contributed by atoms with E-state index in [0.717, 1.165) is 33.8 Å². The van der Waals surface area contributed by atoms with Gasteiger partial charge in [-0.2, -0.15) is 18.4 Å². The van der Waals surface area contributed by atoms with Crippen molar-refractivity contribution in [1.29, 1.82) is 5.26 Å². The van der Waals surface area contributed by atoms with Crippen LogP contribution in [0.4, 0.5) is 33.3 Å². The van der Waals surface area contributed by atoms with E-state index in [4.69, 9.17) is 26.4 Å². The number of ether oxygens (including phenoxy) is 3. The summed E-state index contributed by atoms with van der Waals surface area (Å²) in [7, 11) is 0. The molecule has 0 spiro atoms.